The largest absolute Gasteiger partial charge is 0.339 e. The molecule has 0 radical (unpaired) electrons. The number of hydrogen-bond donors (Lipinski definition) is 0. The standard InChI is InChI=1S/C21H23N3O2/c1-12-5-7-16(8-6-12)18-11-17(19-13(2)23-26-20(19)22-18)21(25)24(4)14(3)15-9-10-15/h5-8,11,14-15H,9-10H2,1-4H3. The van der Waals surface area contributed by atoms with Crippen LogP contribution in [-0.4, -0.2) is 34.0 Å². The summed E-state index contributed by atoms with van der Waals surface area (Å²) in [6.07, 6.45) is 2.40. The number of benzene rings is 1. The number of carbonyl (C=O) groups excluding carboxylic acids is 1. The molecule has 1 amide bonds. The average Bonchev–Trinajstić information content (AvgIpc) is 3.43. The molecule has 1 unspecified atom stereocenters. The molecule has 2 aromatic heterocycles. The van der Waals surface area contributed by atoms with Crippen molar-refractivity contribution >= 4 is 17.0 Å². The molecule has 4 rings (SSSR count). The highest BCUT2D eigenvalue weighted by Crippen LogP contribution is 2.36. The van der Waals surface area contributed by atoms with Crippen LogP contribution >= 0.6 is 0 Å². The zero-order chi connectivity index (χ0) is 18.4. The molecular weight excluding hydrogens is 326 g/mol. The van der Waals surface area contributed by atoms with Crippen LogP contribution in [0.1, 0.15) is 41.4 Å². The van der Waals surface area contributed by atoms with Crippen molar-refractivity contribution in [2.45, 2.75) is 39.7 Å². The lowest BCUT2D eigenvalue weighted by molar-refractivity contribution is 0.0729. The Morgan fingerprint density at radius 1 is 1.23 bits per heavy atom. The highest BCUT2D eigenvalue weighted by atomic mass is 16.5. The van der Waals surface area contributed by atoms with Crippen LogP contribution < -0.4 is 0 Å². The summed E-state index contributed by atoms with van der Waals surface area (Å²) in [6, 6.07) is 10.2. The van der Waals surface area contributed by atoms with Gasteiger partial charge >= 0.3 is 0 Å². The molecule has 5 nitrogen and oxygen atoms in total. The first kappa shape index (κ1) is 16.8. The van der Waals surface area contributed by atoms with Gasteiger partial charge in [0.25, 0.3) is 11.6 Å². The third-order valence-corrected chi connectivity index (χ3v) is 5.43. The molecule has 5 heteroatoms. The molecule has 0 bridgehead atoms. The number of aryl methyl sites for hydroxylation is 2. The Bertz CT molecular complexity index is 971. The van der Waals surface area contributed by atoms with Crippen molar-refractivity contribution in [3.8, 4) is 11.3 Å². The number of hydrogen-bond acceptors (Lipinski definition) is 4. The summed E-state index contributed by atoms with van der Waals surface area (Å²) in [6.45, 7) is 6.01. The van der Waals surface area contributed by atoms with Gasteiger partial charge in [-0.25, -0.2) is 4.98 Å². The Hall–Kier alpha value is -2.69. The Balaban J connectivity index is 1.82. The highest BCUT2D eigenvalue weighted by Gasteiger charge is 2.33. The van der Waals surface area contributed by atoms with Gasteiger partial charge in [-0.1, -0.05) is 35.0 Å². The van der Waals surface area contributed by atoms with E-state index in [1.54, 1.807) is 0 Å². The number of pyridine rings is 1. The van der Waals surface area contributed by atoms with Gasteiger partial charge in [0, 0.05) is 18.7 Å². The van der Waals surface area contributed by atoms with Crippen molar-refractivity contribution < 1.29 is 9.32 Å². The fourth-order valence-corrected chi connectivity index (χ4v) is 3.41. The highest BCUT2D eigenvalue weighted by molar-refractivity contribution is 6.07. The van der Waals surface area contributed by atoms with Gasteiger partial charge in [-0.3, -0.25) is 4.79 Å². The fourth-order valence-electron chi connectivity index (χ4n) is 3.41. The minimum Gasteiger partial charge on any atom is -0.339 e. The number of aromatic nitrogens is 2. The predicted molar refractivity (Wildman–Crippen MR) is 101 cm³/mol. The van der Waals surface area contributed by atoms with Crippen molar-refractivity contribution in [3.05, 3.63) is 47.2 Å². The second kappa shape index (κ2) is 6.24. The Morgan fingerprint density at radius 2 is 1.92 bits per heavy atom. The summed E-state index contributed by atoms with van der Waals surface area (Å²) in [5.41, 5.74) is 4.58. The van der Waals surface area contributed by atoms with Crippen molar-refractivity contribution in [2.75, 3.05) is 7.05 Å². The summed E-state index contributed by atoms with van der Waals surface area (Å²) in [4.78, 5) is 19.7. The smallest absolute Gasteiger partial charge is 0.259 e. The second-order valence-electron chi connectivity index (χ2n) is 7.36. The first-order valence-electron chi connectivity index (χ1n) is 9.07. The Labute approximate surface area is 153 Å². The zero-order valence-corrected chi connectivity index (χ0v) is 15.6. The maximum absolute atomic E-state index is 13.2. The van der Waals surface area contributed by atoms with Gasteiger partial charge in [-0.15, -0.1) is 0 Å². The molecule has 0 N–H and O–H groups in total. The summed E-state index contributed by atoms with van der Waals surface area (Å²) in [5.74, 6) is 0.609. The molecular formula is C21H23N3O2. The van der Waals surface area contributed by atoms with Crippen LogP contribution in [0, 0.1) is 19.8 Å². The third kappa shape index (κ3) is 2.87. The molecule has 26 heavy (non-hydrogen) atoms. The van der Waals surface area contributed by atoms with E-state index in [9.17, 15) is 4.79 Å². The molecule has 0 spiro atoms. The van der Waals surface area contributed by atoms with E-state index in [0.29, 0.717) is 28.3 Å². The molecule has 3 aromatic rings. The van der Waals surface area contributed by atoms with Crippen molar-refractivity contribution in [3.63, 3.8) is 0 Å². The molecule has 1 aliphatic rings. The Kier molecular flexibility index (Phi) is 4.02. The van der Waals surface area contributed by atoms with E-state index < -0.39 is 0 Å². The molecule has 0 aliphatic heterocycles. The van der Waals surface area contributed by atoms with E-state index in [1.807, 2.05) is 56.1 Å². The molecule has 1 aliphatic carbocycles. The van der Waals surface area contributed by atoms with E-state index in [0.717, 1.165) is 11.3 Å². The first-order valence-corrected chi connectivity index (χ1v) is 9.07. The molecule has 1 aromatic carbocycles. The number of amides is 1. The van der Waals surface area contributed by atoms with Crippen LogP contribution in [0.2, 0.25) is 0 Å². The number of nitrogens with zero attached hydrogens (tertiary/aromatic N) is 3. The molecule has 1 saturated carbocycles. The van der Waals surface area contributed by atoms with Gasteiger partial charge in [0.15, 0.2) is 0 Å². The molecule has 2 heterocycles. The monoisotopic (exact) mass is 349 g/mol. The fraction of sp³-hybridized carbons (Fsp3) is 0.381. The Morgan fingerprint density at radius 3 is 2.58 bits per heavy atom. The van der Waals surface area contributed by atoms with Gasteiger partial charge < -0.3 is 9.42 Å². The van der Waals surface area contributed by atoms with E-state index in [2.05, 4.69) is 17.1 Å². The summed E-state index contributed by atoms with van der Waals surface area (Å²) in [5, 5.41) is 4.74. The van der Waals surface area contributed by atoms with E-state index in [-0.39, 0.29) is 11.9 Å². The third-order valence-electron chi connectivity index (χ3n) is 5.43. The second-order valence-corrected chi connectivity index (χ2v) is 7.36. The van der Waals surface area contributed by atoms with Crippen LogP contribution in [0.5, 0.6) is 0 Å². The van der Waals surface area contributed by atoms with Crippen LogP contribution in [0.25, 0.3) is 22.4 Å². The minimum absolute atomic E-state index is 0.00328. The van der Waals surface area contributed by atoms with Crippen molar-refractivity contribution in [2.24, 2.45) is 5.92 Å². The lowest BCUT2D eigenvalue weighted by Gasteiger charge is -2.25. The van der Waals surface area contributed by atoms with Gasteiger partial charge in [0.2, 0.25) is 0 Å². The average molecular weight is 349 g/mol. The van der Waals surface area contributed by atoms with Crippen LogP contribution in [0.15, 0.2) is 34.9 Å². The molecule has 0 saturated heterocycles. The normalized spacial score (nSPS) is 15.2. The zero-order valence-electron chi connectivity index (χ0n) is 15.6. The minimum atomic E-state index is -0.00328. The topological polar surface area (TPSA) is 59.2 Å². The lowest BCUT2D eigenvalue weighted by Crippen LogP contribution is -2.36. The summed E-state index contributed by atoms with van der Waals surface area (Å²) in [7, 11) is 1.88. The van der Waals surface area contributed by atoms with Crippen LogP contribution in [-0.2, 0) is 0 Å². The summed E-state index contributed by atoms with van der Waals surface area (Å²) >= 11 is 0. The molecule has 1 fully saturated rings. The van der Waals surface area contributed by atoms with Gasteiger partial charge in [0.1, 0.15) is 0 Å². The first-order chi connectivity index (χ1) is 12.5. The SMILES string of the molecule is Cc1ccc(-c2cc(C(=O)N(C)C(C)C3CC3)c3c(C)noc3n2)cc1. The van der Waals surface area contributed by atoms with Crippen LogP contribution in [0.4, 0.5) is 0 Å². The molecule has 1 atom stereocenters. The van der Waals surface area contributed by atoms with Gasteiger partial charge in [-0.05, 0) is 45.6 Å². The maximum Gasteiger partial charge on any atom is 0.259 e. The van der Waals surface area contributed by atoms with Gasteiger partial charge in [-0.2, -0.15) is 0 Å². The number of fused-ring (bicyclic) bond motifs is 1. The lowest BCUT2D eigenvalue weighted by atomic mass is 10.0. The predicted octanol–water partition coefficient (Wildman–Crippen LogP) is 4.38. The number of rotatable bonds is 4. The van der Waals surface area contributed by atoms with E-state index in [1.165, 1.54) is 18.4 Å². The van der Waals surface area contributed by atoms with Crippen molar-refractivity contribution in [1.29, 1.82) is 0 Å². The maximum atomic E-state index is 13.2. The van der Waals surface area contributed by atoms with Gasteiger partial charge in [0.05, 0.1) is 22.3 Å². The van der Waals surface area contributed by atoms with E-state index >= 15 is 0 Å². The quantitative estimate of drug-likeness (QED) is 0.701. The summed E-state index contributed by atoms with van der Waals surface area (Å²) < 4.78 is 5.39. The van der Waals surface area contributed by atoms with E-state index in [4.69, 9.17) is 4.52 Å². The molecule has 134 valence electrons. The van der Waals surface area contributed by atoms with Crippen molar-refractivity contribution in [1.82, 2.24) is 15.0 Å². The van der Waals surface area contributed by atoms with Crippen LogP contribution in [0.3, 0.4) is 0 Å². The number of carbonyl (C=O) groups is 1.